The van der Waals surface area contributed by atoms with E-state index >= 15 is 0 Å². The number of rotatable bonds is 4. The molecule has 0 aromatic heterocycles. The highest BCUT2D eigenvalue weighted by Gasteiger charge is 2.10. The molecule has 1 aromatic rings. The molecule has 1 atom stereocenters. The Morgan fingerprint density at radius 1 is 1.56 bits per heavy atom. The monoisotopic (exact) mass is 223 g/mol. The molecular weight excluding hydrogens is 206 g/mol. The van der Waals surface area contributed by atoms with Crippen LogP contribution in [0.15, 0.2) is 18.2 Å². The van der Waals surface area contributed by atoms with Gasteiger partial charge in [-0.2, -0.15) is 0 Å². The Morgan fingerprint density at radius 3 is 2.75 bits per heavy atom. The van der Waals surface area contributed by atoms with Crippen molar-refractivity contribution < 1.29 is 14.6 Å². The summed E-state index contributed by atoms with van der Waals surface area (Å²) in [6.45, 7) is 3.44. The van der Waals surface area contributed by atoms with Crippen molar-refractivity contribution in [2.75, 3.05) is 12.4 Å². The van der Waals surface area contributed by atoms with Crippen LogP contribution >= 0.6 is 0 Å². The Hall–Kier alpha value is -1.55. The van der Waals surface area contributed by atoms with Gasteiger partial charge < -0.3 is 15.2 Å². The first-order valence-corrected chi connectivity index (χ1v) is 5.24. The first-order valence-electron chi connectivity index (χ1n) is 5.24. The summed E-state index contributed by atoms with van der Waals surface area (Å²) in [5, 5.41) is 11.7. The Balaban J connectivity index is 2.87. The van der Waals surface area contributed by atoms with Crippen LogP contribution in [-0.2, 0) is 11.2 Å². The summed E-state index contributed by atoms with van der Waals surface area (Å²) in [5.74, 6) is 0.393. The van der Waals surface area contributed by atoms with Crippen molar-refractivity contribution in [1.82, 2.24) is 0 Å². The number of ether oxygens (including phenoxy) is 1. The number of anilines is 1. The number of aliphatic hydroxyl groups excluding tert-OH is 1. The van der Waals surface area contributed by atoms with Gasteiger partial charge in [0.2, 0.25) is 0 Å². The van der Waals surface area contributed by atoms with Crippen LogP contribution in [0.2, 0.25) is 0 Å². The Bertz CT molecular complexity index is 375. The topological polar surface area (TPSA) is 58.6 Å². The Labute approximate surface area is 95.2 Å². The molecule has 88 valence electrons. The molecule has 1 rings (SSSR count). The molecule has 1 amide bonds. The zero-order valence-corrected chi connectivity index (χ0v) is 9.78. The van der Waals surface area contributed by atoms with Crippen LogP contribution in [-0.4, -0.2) is 24.2 Å². The second kappa shape index (κ2) is 5.51. The summed E-state index contributed by atoms with van der Waals surface area (Å²) in [7, 11) is 1.61. The van der Waals surface area contributed by atoms with Crippen molar-refractivity contribution in [3.05, 3.63) is 23.8 Å². The van der Waals surface area contributed by atoms with Crippen LogP contribution in [0.1, 0.15) is 19.4 Å². The molecule has 4 heteroatoms. The maximum absolute atomic E-state index is 11.3. The van der Waals surface area contributed by atoms with Gasteiger partial charge >= 0.3 is 0 Å². The van der Waals surface area contributed by atoms with Gasteiger partial charge in [0, 0.05) is 5.69 Å². The molecule has 0 bridgehead atoms. The lowest BCUT2D eigenvalue weighted by molar-refractivity contribution is -0.123. The van der Waals surface area contributed by atoms with Gasteiger partial charge in [-0.25, -0.2) is 0 Å². The number of aryl methyl sites for hydroxylation is 1. The number of aliphatic hydroxyl groups is 1. The molecule has 0 fully saturated rings. The third-order valence-electron chi connectivity index (χ3n) is 2.31. The number of methoxy groups -OCH3 is 1. The minimum absolute atomic E-state index is 0.410. The summed E-state index contributed by atoms with van der Waals surface area (Å²) in [5.41, 5.74) is 1.69. The van der Waals surface area contributed by atoms with Crippen molar-refractivity contribution in [2.24, 2.45) is 0 Å². The Morgan fingerprint density at radius 2 is 2.25 bits per heavy atom. The molecule has 1 unspecified atom stereocenters. The standard InChI is InChI=1S/C12H17NO3/c1-4-9-7-10(5-6-11(9)16-3)13-12(15)8(2)14/h5-8,14H,4H2,1-3H3,(H,13,15). The van der Waals surface area contributed by atoms with E-state index in [4.69, 9.17) is 9.84 Å². The van der Waals surface area contributed by atoms with Crippen LogP contribution < -0.4 is 10.1 Å². The van der Waals surface area contributed by atoms with E-state index in [1.807, 2.05) is 13.0 Å². The van der Waals surface area contributed by atoms with Gasteiger partial charge in [-0.3, -0.25) is 4.79 Å². The van der Waals surface area contributed by atoms with Gasteiger partial charge in [-0.1, -0.05) is 6.92 Å². The average Bonchev–Trinajstić information content (AvgIpc) is 2.28. The molecule has 0 aliphatic carbocycles. The Kier molecular flexibility index (Phi) is 4.31. The SMILES string of the molecule is CCc1cc(NC(=O)C(C)O)ccc1OC. The van der Waals surface area contributed by atoms with Gasteiger partial charge in [0.05, 0.1) is 7.11 Å². The van der Waals surface area contributed by atoms with E-state index < -0.39 is 12.0 Å². The van der Waals surface area contributed by atoms with Gasteiger partial charge in [0.25, 0.3) is 5.91 Å². The number of amides is 1. The van der Waals surface area contributed by atoms with Crippen LogP contribution in [0.5, 0.6) is 5.75 Å². The predicted octanol–water partition coefficient (Wildman–Crippen LogP) is 1.58. The number of carbonyl (C=O) groups excluding carboxylic acids is 1. The second-order valence-electron chi connectivity index (χ2n) is 3.55. The molecule has 0 heterocycles. The fourth-order valence-electron chi connectivity index (χ4n) is 1.38. The van der Waals surface area contributed by atoms with E-state index in [0.29, 0.717) is 5.69 Å². The van der Waals surface area contributed by atoms with Crippen molar-refractivity contribution in [3.63, 3.8) is 0 Å². The van der Waals surface area contributed by atoms with Crippen LogP contribution in [0.3, 0.4) is 0 Å². The molecule has 0 saturated heterocycles. The molecule has 4 nitrogen and oxygen atoms in total. The van der Waals surface area contributed by atoms with Crippen LogP contribution in [0, 0.1) is 0 Å². The quantitative estimate of drug-likeness (QED) is 0.814. The molecule has 0 aliphatic rings. The summed E-state index contributed by atoms with van der Waals surface area (Å²) in [6.07, 6.45) is -0.186. The fourth-order valence-corrected chi connectivity index (χ4v) is 1.38. The third kappa shape index (κ3) is 2.97. The maximum Gasteiger partial charge on any atom is 0.252 e. The molecule has 16 heavy (non-hydrogen) atoms. The lowest BCUT2D eigenvalue weighted by atomic mass is 10.1. The van der Waals surface area contributed by atoms with Crippen molar-refractivity contribution in [1.29, 1.82) is 0 Å². The zero-order chi connectivity index (χ0) is 12.1. The minimum Gasteiger partial charge on any atom is -0.496 e. The number of nitrogens with one attached hydrogen (secondary N) is 1. The first kappa shape index (κ1) is 12.5. The van der Waals surface area contributed by atoms with Gasteiger partial charge in [0.15, 0.2) is 0 Å². The maximum atomic E-state index is 11.3. The van der Waals surface area contributed by atoms with Crippen molar-refractivity contribution in [2.45, 2.75) is 26.4 Å². The first-order chi connectivity index (χ1) is 7.58. The number of hydrogen-bond acceptors (Lipinski definition) is 3. The molecule has 0 spiro atoms. The van der Waals surface area contributed by atoms with E-state index in [9.17, 15) is 4.79 Å². The zero-order valence-electron chi connectivity index (χ0n) is 9.78. The highest BCUT2D eigenvalue weighted by atomic mass is 16.5. The number of benzene rings is 1. The summed E-state index contributed by atoms with van der Waals surface area (Å²) >= 11 is 0. The lowest BCUT2D eigenvalue weighted by Crippen LogP contribution is -2.24. The van der Waals surface area contributed by atoms with Gasteiger partial charge in [0.1, 0.15) is 11.9 Å². The fraction of sp³-hybridized carbons (Fsp3) is 0.417. The van der Waals surface area contributed by atoms with Crippen LogP contribution in [0.25, 0.3) is 0 Å². The molecule has 0 saturated carbocycles. The molecular formula is C12H17NO3. The summed E-state index contributed by atoms with van der Waals surface area (Å²) < 4.78 is 5.18. The largest absolute Gasteiger partial charge is 0.496 e. The lowest BCUT2D eigenvalue weighted by Gasteiger charge is -2.11. The van der Waals surface area contributed by atoms with E-state index in [1.54, 1.807) is 19.2 Å². The van der Waals surface area contributed by atoms with E-state index in [2.05, 4.69) is 5.32 Å². The highest BCUT2D eigenvalue weighted by molar-refractivity contribution is 5.93. The normalized spacial score (nSPS) is 12.0. The predicted molar refractivity (Wildman–Crippen MR) is 62.7 cm³/mol. The smallest absolute Gasteiger partial charge is 0.252 e. The van der Waals surface area contributed by atoms with Crippen molar-refractivity contribution in [3.8, 4) is 5.75 Å². The van der Waals surface area contributed by atoms with E-state index in [0.717, 1.165) is 17.7 Å². The van der Waals surface area contributed by atoms with Crippen LogP contribution in [0.4, 0.5) is 5.69 Å². The summed E-state index contributed by atoms with van der Waals surface area (Å²) in [4.78, 5) is 11.3. The molecule has 0 aliphatic heterocycles. The van der Waals surface area contributed by atoms with E-state index in [1.165, 1.54) is 6.92 Å². The molecule has 2 N–H and O–H groups in total. The number of hydrogen-bond donors (Lipinski definition) is 2. The minimum atomic E-state index is -1.01. The van der Waals surface area contributed by atoms with E-state index in [-0.39, 0.29) is 0 Å². The van der Waals surface area contributed by atoms with Crippen molar-refractivity contribution >= 4 is 11.6 Å². The highest BCUT2D eigenvalue weighted by Crippen LogP contribution is 2.23. The number of carbonyl (C=O) groups is 1. The average molecular weight is 223 g/mol. The van der Waals surface area contributed by atoms with Gasteiger partial charge in [-0.15, -0.1) is 0 Å². The second-order valence-corrected chi connectivity index (χ2v) is 3.55. The molecule has 0 radical (unpaired) electrons. The third-order valence-corrected chi connectivity index (χ3v) is 2.31. The summed E-state index contributed by atoms with van der Waals surface area (Å²) in [6, 6.07) is 5.40. The molecule has 1 aromatic carbocycles. The van der Waals surface area contributed by atoms with Gasteiger partial charge in [-0.05, 0) is 37.1 Å².